The molecule has 110 valence electrons. The van der Waals surface area contributed by atoms with E-state index in [9.17, 15) is 13.2 Å². The summed E-state index contributed by atoms with van der Waals surface area (Å²) in [7, 11) is -3.98. The average Bonchev–Trinajstić information content (AvgIpc) is 2.44. The van der Waals surface area contributed by atoms with Crippen LogP contribution in [-0.4, -0.2) is 19.9 Å². The summed E-state index contributed by atoms with van der Waals surface area (Å²) in [5.74, 6) is -0.123. The summed E-state index contributed by atoms with van der Waals surface area (Å²) in [6.45, 7) is 3.34. The van der Waals surface area contributed by atoms with Gasteiger partial charge in [0.2, 0.25) is 0 Å². The Kier molecular flexibility index (Phi) is 4.43. The van der Waals surface area contributed by atoms with Crippen LogP contribution in [0.1, 0.15) is 13.8 Å². The SMILES string of the molecule is CC1=C(C)C(=NOS(=O)(=O)c2ccc(Br)cc2)C=CC1=O. The summed E-state index contributed by atoms with van der Waals surface area (Å²) in [5, 5.41) is 3.64. The minimum atomic E-state index is -3.98. The van der Waals surface area contributed by atoms with Crippen molar-refractivity contribution in [2.45, 2.75) is 18.7 Å². The fourth-order valence-corrected chi connectivity index (χ4v) is 2.61. The van der Waals surface area contributed by atoms with Crippen molar-refractivity contribution in [1.29, 1.82) is 0 Å². The number of hydrogen-bond acceptors (Lipinski definition) is 5. The lowest BCUT2D eigenvalue weighted by Crippen LogP contribution is -2.12. The Balaban J connectivity index is 2.26. The number of oxime groups is 1. The van der Waals surface area contributed by atoms with E-state index in [-0.39, 0.29) is 10.7 Å². The summed E-state index contributed by atoms with van der Waals surface area (Å²) >= 11 is 3.22. The van der Waals surface area contributed by atoms with Crippen LogP contribution in [0.25, 0.3) is 0 Å². The second kappa shape index (κ2) is 5.95. The van der Waals surface area contributed by atoms with Gasteiger partial charge >= 0.3 is 10.1 Å². The third-order valence-electron chi connectivity index (χ3n) is 3.04. The molecule has 0 bridgehead atoms. The largest absolute Gasteiger partial charge is 0.358 e. The van der Waals surface area contributed by atoms with Crippen molar-refractivity contribution >= 4 is 37.5 Å². The maximum Gasteiger partial charge on any atom is 0.358 e. The van der Waals surface area contributed by atoms with Gasteiger partial charge in [-0.1, -0.05) is 21.1 Å². The molecule has 2 rings (SSSR count). The van der Waals surface area contributed by atoms with E-state index in [2.05, 4.69) is 21.1 Å². The van der Waals surface area contributed by atoms with Gasteiger partial charge in [-0.2, -0.15) is 8.42 Å². The maximum atomic E-state index is 12.0. The number of hydrogen-bond donors (Lipinski definition) is 0. The summed E-state index contributed by atoms with van der Waals surface area (Å²) in [5.41, 5.74) is 1.42. The standard InChI is InChI=1S/C14H12BrNO4S/c1-9-10(2)14(17)8-7-13(9)16-20-21(18,19)12-5-3-11(15)4-6-12/h3-8H,1-2H3. The summed E-state index contributed by atoms with van der Waals surface area (Å²) < 4.78 is 29.4. The van der Waals surface area contributed by atoms with Crippen LogP contribution in [0.2, 0.25) is 0 Å². The third kappa shape index (κ3) is 3.48. The Hall–Kier alpha value is -1.73. The molecule has 21 heavy (non-hydrogen) atoms. The molecule has 0 saturated heterocycles. The Morgan fingerprint density at radius 3 is 2.29 bits per heavy atom. The Morgan fingerprint density at radius 2 is 1.67 bits per heavy atom. The number of ketones is 1. The molecular formula is C14H12BrNO4S. The van der Waals surface area contributed by atoms with Crippen LogP contribution in [0.5, 0.6) is 0 Å². The minimum Gasteiger partial charge on any atom is -0.290 e. The Labute approximate surface area is 131 Å². The molecule has 0 radical (unpaired) electrons. The van der Waals surface area contributed by atoms with Gasteiger partial charge in [-0.25, -0.2) is 0 Å². The number of carbonyl (C=O) groups excluding carboxylic acids is 1. The van der Waals surface area contributed by atoms with Crippen molar-refractivity contribution in [3.63, 3.8) is 0 Å². The van der Waals surface area contributed by atoms with Crippen LogP contribution < -0.4 is 0 Å². The highest BCUT2D eigenvalue weighted by Crippen LogP contribution is 2.19. The van der Waals surface area contributed by atoms with Crippen LogP contribution in [0.15, 0.2) is 62.1 Å². The van der Waals surface area contributed by atoms with E-state index in [0.717, 1.165) is 4.47 Å². The monoisotopic (exact) mass is 369 g/mol. The van der Waals surface area contributed by atoms with Gasteiger partial charge < -0.3 is 0 Å². The average molecular weight is 370 g/mol. The second-order valence-electron chi connectivity index (χ2n) is 4.41. The molecular weight excluding hydrogens is 358 g/mol. The zero-order valence-corrected chi connectivity index (χ0v) is 13.7. The molecule has 0 N–H and O–H groups in total. The molecule has 0 saturated carbocycles. The summed E-state index contributed by atoms with van der Waals surface area (Å²) in [6, 6.07) is 6.01. The molecule has 0 aromatic heterocycles. The molecule has 0 aliphatic heterocycles. The van der Waals surface area contributed by atoms with E-state index in [4.69, 9.17) is 4.28 Å². The van der Waals surface area contributed by atoms with Crippen LogP contribution >= 0.6 is 15.9 Å². The van der Waals surface area contributed by atoms with E-state index < -0.39 is 10.1 Å². The molecule has 0 atom stereocenters. The van der Waals surface area contributed by atoms with Crippen molar-refractivity contribution in [3.8, 4) is 0 Å². The molecule has 1 aliphatic rings. The van der Waals surface area contributed by atoms with E-state index in [0.29, 0.717) is 16.9 Å². The topological polar surface area (TPSA) is 72.8 Å². The number of benzene rings is 1. The van der Waals surface area contributed by atoms with Gasteiger partial charge in [0, 0.05) is 10.0 Å². The lowest BCUT2D eigenvalue weighted by Gasteiger charge is -2.10. The second-order valence-corrected chi connectivity index (χ2v) is 6.85. The van der Waals surface area contributed by atoms with Gasteiger partial charge in [-0.15, -0.1) is 0 Å². The molecule has 1 aromatic carbocycles. The molecule has 5 nitrogen and oxygen atoms in total. The van der Waals surface area contributed by atoms with Gasteiger partial charge in [0.25, 0.3) is 0 Å². The Bertz CT molecular complexity index is 774. The molecule has 0 spiro atoms. The van der Waals surface area contributed by atoms with Crippen molar-refractivity contribution in [2.24, 2.45) is 5.16 Å². The van der Waals surface area contributed by atoms with Crippen molar-refractivity contribution in [3.05, 3.63) is 52.0 Å². The van der Waals surface area contributed by atoms with Crippen LogP contribution in [0.3, 0.4) is 0 Å². The lowest BCUT2D eigenvalue weighted by atomic mass is 9.97. The lowest BCUT2D eigenvalue weighted by molar-refractivity contribution is -0.111. The number of allylic oxidation sites excluding steroid dienone is 4. The van der Waals surface area contributed by atoms with Crippen LogP contribution in [-0.2, 0) is 19.2 Å². The smallest absolute Gasteiger partial charge is 0.290 e. The van der Waals surface area contributed by atoms with Gasteiger partial charge in [0.1, 0.15) is 10.6 Å². The van der Waals surface area contributed by atoms with Crippen molar-refractivity contribution in [2.75, 3.05) is 0 Å². The summed E-state index contributed by atoms with van der Waals surface area (Å²) in [4.78, 5) is 11.4. The van der Waals surface area contributed by atoms with Crippen LogP contribution in [0, 0.1) is 0 Å². The first kappa shape index (κ1) is 15.7. The molecule has 7 heteroatoms. The first-order valence-electron chi connectivity index (χ1n) is 5.99. The highest BCUT2D eigenvalue weighted by molar-refractivity contribution is 9.10. The van der Waals surface area contributed by atoms with Gasteiger partial charge in [-0.3, -0.25) is 9.08 Å². The third-order valence-corrected chi connectivity index (χ3v) is 4.69. The first-order valence-corrected chi connectivity index (χ1v) is 8.19. The predicted molar refractivity (Wildman–Crippen MR) is 82.4 cm³/mol. The van der Waals surface area contributed by atoms with E-state index >= 15 is 0 Å². The van der Waals surface area contributed by atoms with E-state index in [1.165, 1.54) is 24.3 Å². The molecule has 0 fully saturated rings. The molecule has 1 aromatic rings. The fourth-order valence-electron chi connectivity index (χ4n) is 1.61. The highest BCUT2D eigenvalue weighted by atomic mass is 79.9. The zero-order chi connectivity index (χ0) is 15.6. The first-order chi connectivity index (χ1) is 9.81. The fraction of sp³-hybridized carbons (Fsp3) is 0.143. The minimum absolute atomic E-state index is 0.00395. The summed E-state index contributed by atoms with van der Waals surface area (Å²) in [6.07, 6.45) is 2.76. The molecule has 0 amide bonds. The van der Waals surface area contributed by atoms with Gasteiger partial charge in [-0.05, 0) is 55.8 Å². The molecule has 1 aliphatic carbocycles. The quantitative estimate of drug-likeness (QED) is 0.606. The number of carbonyl (C=O) groups is 1. The maximum absolute atomic E-state index is 12.0. The van der Waals surface area contributed by atoms with Gasteiger partial charge in [0.05, 0.1) is 0 Å². The van der Waals surface area contributed by atoms with Crippen LogP contribution in [0.4, 0.5) is 0 Å². The van der Waals surface area contributed by atoms with Crippen molar-refractivity contribution < 1.29 is 17.5 Å². The van der Waals surface area contributed by atoms with Gasteiger partial charge in [0.15, 0.2) is 5.78 Å². The Morgan fingerprint density at radius 1 is 1.05 bits per heavy atom. The number of halogens is 1. The number of nitrogens with zero attached hydrogens (tertiary/aromatic N) is 1. The predicted octanol–water partition coefficient (Wildman–Crippen LogP) is 2.99. The molecule has 0 unspecified atom stereocenters. The normalized spacial score (nSPS) is 17.5. The van der Waals surface area contributed by atoms with E-state index in [1.807, 2.05) is 0 Å². The molecule has 0 heterocycles. The highest BCUT2D eigenvalue weighted by Gasteiger charge is 2.18. The zero-order valence-electron chi connectivity index (χ0n) is 11.3. The number of rotatable bonds is 3. The van der Waals surface area contributed by atoms with Crippen molar-refractivity contribution in [1.82, 2.24) is 0 Å². The van der Waals surface area contributed by atoms with E-state index in [1.54, 1.807) is 26.0 Å².